The molecule has 0 aromatic heterocycles. The number of carbonyl (C=O) groups excluding carboxylic acids is 5. The zero-order valence-electron chi connectivity index (χ0n) is 84.3. The number of fused-ring (bicyclic) bond motifs is 6. The van der Waals surface area contributed by atoms with Crippen LogP contribution in [0, 0.1) is 87.3 Å². The van der Waals surface area contributed by atoms with Gasteiger partial charge in [0.1, 0.15) is 53.7 Å². The van der Waals surface area contributed by atoms with Crippen molar-refractivity contribution in [3.8, 4) is 50.6 Å². The predicted molar refractivity (Wildman–Crippen MR) is 527 cm³/mol. The second-order valence-electron chi connectivity index (χ2n) is 42.8. The van der Waals surface area contributed by atoms with Crippen molar-refractivity contribution in [2.75, 3.05) is 93.2 Å². The molecular formula is C108H155N11O16. The average Bonchev–Trinajstić information content (AvgIpc) is 1.11. The van der Waals surface area contributed by atoms with Crippen molar-refractivity contribution < 1.29 is 78.2 Å². The van der Waals surface area contributed by atoms with E-state index in [0.717, 1.165) is 98.4 Å². The molecule has 10 N–H and O–H groups in total. The average molecular weight is 1860 g/mol. The van der Waals surface area contributed by atoms with Gasteiger partial charge in [0.05, 0.1) is 72.5 Å². The number of anilines is 2. The number of hydrogen-bond acceptors (Lipinski definition) is 22. The number of nitrogens with zero attached hydrogens (tertiary/aromatic N) is 6. The molecule has 0 unspecified atom stereocenters. The van der Waals surface area contributed by atoms with E-state index >= 15 is 0 Å². The van der Waals surface area contributed by atoms with Crippen LogP contribution in [0.5, 0.6) is 17.2 Å². The van der Waals surface area contributed by atoms with Crippen molar-refractivity contribution in [2.24, 2.45) is 87.3 Å². The van der Waals surface area contributed by atoms with Gasteiger partial charge in [-0.1, -0.05) is 149 Å². The first-order valence-corrected chi connectivity index (χ1v) is 49.0. The van der Waals surface area contributed by atoms with Gasteiger partial charge in [0.25, 0.3) is 5.91 Å². The fourth-order valence-electron chi connectivity index (χ4n) is 24.5. The molecule has 6 aromatic carbocycles. The molecule has 3 saturated heterocycles. The van der Waals surface area contributed by atoms with Gasteiger partial charge in [-0.15, -0.1) is 0 Å². The fourth-order valence-corrected chi connectivity index (χ4v) is 24.5. The summed E-state index contributed by atoms with van der Waals surface area (Å²) in [7, 11) is 16.5. The number of amides is 5. The van der Waals surface area contributed by atoms with Crippen molar-refractivity contribution in [2.45, 2.75) is 248 Å². The minimum atomic E-state index is -0.870. The molecule has 6 bridgehead atoms. The summed E-state index contributed by atoms with van der Waals surface area (Å²) < 4.78 is 18.0. The summed E-state index contributed by atoms with van der Waals surface area (Å²) >= 11 is 0. The van der Waals surface area contributed by atoms with E-state index in [1.54, 1.807) is 83.5 Å². The van der Waals surface area contributed by atoms with E-state index in [1.807, 2.05) is 95.8 Å². The highest BCUT2D eigenvalue weighted by atomic mass is 16.7. The molecule has 27 heteroatoms. The number of hydrogen-bond donors (Lipinski definition) is 10. The van der Waals surface area contributed by atoms with Crippen LogP contribution in [-0.4, -0.2) is 231 Å². The summed E-state index contributed by atoms with van der Waals surface area (Å²) in [5.41, 5.74) is 15.1. The van der Waals surface area contributed by atoms with Crippen LogP contribution in [0.4, 0.5) is 11.4 Å². The number of para-hydroxylation sites is 3. The number of ether oxygens (including phenoxy) is 3. The van der Waals surface area contributed by atoms with E-state index < -0.39 is 72.5 Å². The molecule has 12 aliphatic rings. The van der Waals surface area contributed by atoms with E-state index in [1.165, 1.54) is 36.6 Å². The Bertz CT molecular complexity index is 5170. The van der Waals surface area contributed by atoms with Crippen molar-refractivity contribution in [3.05, 3.63) is 161 Å². The number of methoxy groups -OCH3 is 3. The van der Waals surface area contributed by atoms with Crippen molar-refractivity contribution in [1.29, 1.82) is 0 Å². The Hall–Kier alpha value is -9.23. The predicted octanol–water partition coefficient (Wildman–Crippen LogP) is 13.2. The SMILES string of the molecule is C=C(C)NCc1cc(-c2cccc(CN3O[C@@H](CNC(C)=O)[C@H]([C@H](C)O)[C@H]3C(=O)N[C@H]3C[C@H]4C[C@@H]([C@@H]3C)C4(C)C)c2OC)cc(N(C)C)c1.CCc1cc(-c2cccc(CN3O[C@@H](CO)[C@H]([C@H](C)O)[C@H]3C(=O)N[C@H]3C[C@H]4C[C@@H]([C@@H]3C)C4(C)C)c2OC)cc(N(C)C)c1.COc1c(CN2O[C@@H](CO)[C@@H]([C@H](C)O)[C@H]2C(=O)N[C@H]2C[C@H]3C[C@@H]([C@@H]2C)C3(C)C)cccc1-c1ccc(C(=O)N(C)C)cc1. The Kier molecular flexibility index (Phi) is 32.6. The molecule has 135 heavy (non-hydrogen) atoms. The standard InChI is InChI=1S/C39H57N5O5.C35H51N3O5.C34H47N3O6/c1-22(2)40-19-26-14-28(16-30(15-26)43(8)9)31-13-11-12-27(37(31)48-10)21-44-36(35(24(4)45)34(49-44)20-41-25(5)46)38(47)42-33-18-29-17-32(23(33)3)39(29,6)7;1-9-22-13-24(15-26(14-22)37(6)7)27-12-10-11-23(33(27)42-8)18-38-32(31(21(3)40)30(19-39)43-38)34(41)36-29-17-25-16-28(20(29)2)35(25,4)5;1-19-26-15-24(34(26,3)4)16-27(19)35-32(40)30-29(20(2)39)28(18-38)43-37(30)17-23-9-8-10-25(31(23)42-7)21-11-13-22(14-12-21)33(41)36(5)6/h11-16,23-24,29,32-36,40,45H,1,17-21H2,2-10H3,(H,41,46)(H,42,47);10-15,20-21,25,28-32,39-40H,9,16-19H2,1-8H3,(H,36,41);8-14,19-20,24,26-30,38-39H,15-18H2,1-7H3,(H,35,40)/t23-,24-,29+,32-,33-,34-,35-,36-;20-,21-,25+,28-,29-,30-,31-,32-;19-,20-,24+,26-,27-,28-,29+,30-/m000/s1. The Labute approximate surface area is 801 Å². The second-order valence-corrected chi connectivity index (χ2v) is 42.8. The maximum Gasteiger partial charge on any atom is 0.253 e. The number of rotatable bonds is 32. The zero-order valence-corrected chi connectivity index (χ0v) is 84.3. The number of aliphatic hydroxyl groups excluding tert-OH is 5. The molecule has 5 amide bonds. The van der Waals surface area contributed by atoms with Crippen molar-refractivity contribution in [3.63, 3.8) is 0 Å². The highest BCUT2D eigenvalue weighted by Crippen LogP contribution is 2.64. The first-order chi connectivity index (χ1) is 63.9. The third kappa shape index (κ3) is 21.4. The fraction of sp³-hybridized carbons (Fsp3) is 0.602. The minimum absolute atomic E-state index is 0.0607. The number of benzene rings is 6. The normalized spacial score (nSPS) is 29.4. The number of hydroxylamine groups is 6. The van der Waals surface area contributed by atoms with Crippen LogP contribution in [0.1, 0.15) is 181 Å². The molecule has 9 saturated carbocycles. The molecule has 12 fully saturated rings. The van der Waals surface area contributed by atoms with Crippen molar-refractivity contribution in [1.82, 2.24) is 46.7 Å². The zero-order chi connectivity index (χ0) is 98.2. The van der Waals surface area contributed by atoms with E-state index in [2.05, 4.69) is 155 Å². The molecule has 18 rings (SSSR count). The summed E-state index contributed by atoms with van der Waals surface area (Å²) in [5, 5.41) is 74.3. The lowest BCUT2D eigenvalue weighted by atomic mass is 9.45. The quantitative estimate of drug-likeness (QED) is 0.0188. The lowest BCUT2D eigenvalue weighted by Gasteiger charge is -2.62. The maximum absolute atomic E-state index is 14.4. The van der Waals surface area contributed by atoms with E-state index in [4.69, 9.17) is 28.7 Å². The van der Waals surface area contributed by atoms with Gasteiger partial charge in [0.15, 0.2) is 0 Å². The van der Waals surface area contributed by atoms with Gasteiger partial charge in [-0.25, -0.2) is 0 Å². The molecule has 738 valence electrons. The topological polar surface area (TPSA) is 321 Å². The number of allylic oxidation sites excluding steroid dienone is 1. The monoisotopic (exact) mass is 1860 g/mol. The summed E-state index contributed by atoms with van der Waals surface area (Å²) in [5.74, 6) is 4.13. The van der Waals surface area contributed by atoms with Gasteiger partial charge in [-0.3, -0.25) is 38.5 Å². The van der Waals surface area contributed by atoms with Crippen LogP contribution in [0.25, 0.3) is 33.4 Å². The highest BCUT2D eigenvalue weighted by molar-refractivity contribution is 5.94. The van der Waals surface area contributed by atoms with Gasteiger partial charge < -0.3 is 81.0 Å². The van der Waals surface area contributed by atoms with Gasteiger partial charge in [0.2, 0.25) is 23.6 Å². The molecule has 9 aliphatic carbocycles. The lowest BCUT2D eigenvalue weighted by molar-refractivity contribution is -0.183. The first-order valence-electron chi connectivity index (χ1n) is 49.0. The highest BCUT2D eigenvalue weighted by Gasteiger charge is 2.61. The van der Waals surface area contributed by atoms with Crippen LogP contribution in [0.15, 0.2) is 128 Å². The lowest BCUT2D eigenvalue weighted by Crippen LogP contribution is -2.62. The van der Waals surface area contributed by atoms with E-state index in [0.29, 0.717) is 98.9 Å². The molecule has 27 nitrogen and oxygen atoms in total. The van der Waals surface area contributed by atoms with Gasteiger partial charge >= 0.3 is 0 Å². The molecular weight excluding hydrogens is 1710 g/mol. The Balaban J connectivity index is 0.000000172. The first kappa shape index (κ1) is 103. The number of aliphatic hydroxyl groups is 5. The van der Waals surface area contributed by atoms with Gasteiger partial charge in [-0.05, 0) is 212 Å². The summed E-state index contributed by atoms with van der Waals surface area (Å²) in [6.07, 6.45) is 2.86. The molecule has 0 radical (unpaired) electrons. The molecule has 6 aromatic rings. The minimum Gasteiger partial charge on any atom is -0.496 e. The van der Waals surface area contributed by atoms with Crippen LogP contribution < -0.4 is 50.6 Å². The third-order valence-corrected chi connectivity index (χ3v) is 32.9. The largest absolute Gasteiger partial charge is 0.496 e. The van der Waals surface area contributed by atoms with E-state index in [9.17, 15) is 49.5 Å². The van der Waals surface area contributed by atoms with Gasteiger partial charge in [0, 0.05) is 154 Å². The second kappa shape index (κ2) is 42.6. The maximum atomic E-state index is 14.4. The summed E-state index contributed by atoms with van der Waals surface area (Å²) in [4.78, 5) is 91.4. The Morgan fingerprint density at radius 3 is 1.12 bits per heavy atom. The Morgan fingerprint density at radius 2 is 0.815 bits per heavy atom. The Morgan fingerprint density at radius 1 is 0.474 bits per heavy atom. The number of aryl methyl sites for hydroxylation is 1. The molecule has 3 heterocycles. The van der Waals surface area contributed by atoms with E-state index in [-0.39, 0.29) is 87.1 Å². The van der Waals surface area contributed by atoms with Crippen LogP contribution >= 0.6 is 0 Å². The van der Waals surface area contributed by atoms with Crippen LogP contribution in [0.3, 0.4) is 0 Å². The number of nitrogens with one attached hydrogen (secondary N) is 5. The number of carbonyl (C=O) groups is 5. The van der Waals surface area contributed by atoms with Gasteiger partial charge in [-0.2, -0.15) is 15.2 Å². The summed E-state index contributed by atoms with van der Waals surface area (Å²) in [6.45, 7) is 36.3. The van der Waals surface area contributed by atoms with Crippen LogP contribution in [0.2, 0.25) is 0 Å². The van der Waals surface area contributed by atoms with Crippen LogP contribution in [-0.2, 0) is 66.3 Å². The molecule has 0 spiro atoms. The molecule has 3 aliphatic heterocycles. The smallest absolute Gasteiger partial charge is 0.253 e. The summed E-state index contributed by atoms with van der Waals surface area (Å²) in [6, 6.07) is 36.1. The third-order valence-electron chi connectivity index (χ3n) is 32.9. The van der Waals surface area contributed by atoms with Crippen molar-refractivity contribution >= 4 is 40.9 Å². The molecule has 24 atom stereocenters.